The average molecular weight is 236 g/mol. The molecule has 0 spiro atoms. The standard InChI is InChI=1S/C4H8O2.C4H10O.C3H6O2/c1-3(5)4(2)6;1-4(2)3-5;1-2-5-3-4/h3,5H,1-2H3;4-5H,3H2,1-2H3;3H,2H2,1H3. The summed E-state index contributed by atoms with van der Waals surface area (Å²) in [6.45, 7) is 9.71. The first kappa shape index (κ1) is 20.5. The van der Waals surface area contributed by atoms with E-state index < -0.39 is 6.10 Å². The van der Waals surface area contributed by atoms with E-state index in [1.165, 1.54) is 13.8 Å². The average Bonchev–Trinajstić information content (AvgIpc) is 2.20. The Morgan fingerprint density at radius 2 is 1.69 bits per heavy atom. The SMILES string of the molecule is CC(=O)C(C)O.CC(C)CO.CCOC=O. The molecule has 0 aromatic carbocycles. The van der Waals surface area contributed by atoms with Gasteiger partial charge in [0.25, 0.3) is 6.47 Å². The summed E-state index contributed by atoms with van der Waals surface area (Å²) in [5.74, 6) is 0.255. The molecule has 2 N–H and O–H groups in total. The Bertz CT molecular complexity index is 154. The summed E-state index contributed by atoms with van der Waals surface area (Å²) in [6.07, 6.45) is -0.787. The zero-order valence-corrected chi connectivity index (χ0v) is 10.8. The van der Waals surface area contributed by atoms with Gasteiger partial charge in [0.15, 0.2) is 5.78 Å². The fraction of sp³-hybridized carbons (Fsp3) is 0.818. The van der Waals surface area contributed by atoms with Crippen LogP contribution in [0.5, 0.6) is 0 Å². The summed E-state index contributed by atoms with van der Waals surface area (Å²) in [5.41, 5.74) is 0. The van der Waals surface area contributed by atoms with Gasteiger partial charge in [-0.15, -0.1) is 0 Å². The van der Waals surface area contributed by atoms with Gasteiger partial charge in [0.2, 0.25) is 0 Å². The molecule has 5 heteroatoms. The molecule has 1 atom stereocenters. The molecule has 0 aromatic rings. The minimum absolute atomic E-state index is 0.185. The molecule has 98 valence electrons. The van der Waals surface area contributed by atoms with E-state index in [4.69, 9.17) is 10.2 Å². The summed E-state index contributed by atoms with van der Waals surface area (Å²) in [4.78, 5) is 19.1. The van der Waals surface area contributed by atoms with E-state index in [0.717, 1.165) is 0 Å². The van der Waals surface area contributed by atoms with E-state index in [-0.39, 0.29) is 5.78 Å². The fourth-order valence-corrected chi connectivity index (χ4v) is 0.0680. The molecule has 0 fully saturated rings. The summed E-state index contributed by atoms with van der Waals surface area (Å²) in [5, 5.41) is 16.4. The van der Waals surface area contributed by atoms with Crippen LogP contribution in [-0.2, 0) is 14.3 Å². The van der Waals surface area contributed by atoms with Gasteiger partial charge in [0, 0.05) is 6.61 Å². The Balaban J connectivity index is -0.000000160. The molecule has 0 radical (unpaired) electrons. The van der Waals surface area contributed by atoms with E-state index in [1.807, 2.05) is 13.8 Å². The molecule has 0 amide bonds. The maximum atomic E-state index is 9.89. The Morgan fingerprint density at radius 3 is 1.69 bits per heavy atom. The third kappa shape index (κ3) is 38.1. The topological polar surface area (TPSA) is 83.8 Å². The van der Waals surface area contributed by atoms with Crippen molar-refractivity contribution in [2.75, 3.05) is 13.2 Å². The van der Waals surface area contributed by atoms with Crippen molar-refractivity contribution in [3.8, 4) is 0 Å². The first-order valence-corrected chi connectivity index (χ1v) is 5.17. The normalized spacial score (nSPS) is 10.2. The molecule has 16 heavy (non-hydrogen) atoms. The number of hydrogen-bond acceptors (Lipinski definition) is 5. The van der Waals surface area contributed by atoms with Crippen LogP contribution in [0.2, 0.25) is 0 Å². The first-order valence-electron chi connectivity index (χ1n) is 5.17. The largest absolute Gasteiger partial charge is 0.468 e. The van der Waals surface area contributed by atoms with Crippen LogP contribution in [-0.4, -0.2) is 41.8 Å². The van der Waals surface area contributed by atoms with Crippen molar-refractivity contribution in [3.63, 3.8) is 0 Å². The molecule has 0 saturated carbocycles. The number of carbonyl (C=O) groups excluding carboxylic acids is 2. The van der Waals surface area contributed by atoms with Gasteiger partial charge in [0.05, 0.1) is 6.61 Å². The van der Waals surface area contributed by atoms with Gasteiger partial charge in [-0.2, -0.15) is 0 Å². The van der Waals surface area contributed by atoms with E-state index in [9.17, 15) is 9.59 Å². The highest BCUT2D eigenvalue weighted by molar-refractivity contribution is 5.79. The smallest absolute Gasteiger partial charge is 0.293 e. The number of Topliss-reactive ketones (excluding diaryl/α,β-unsaturated/α-hetero) is 1. The maximum absolute atomic E-state index is 9.89. The second-order valence-electron chi connectivity index (χ2n) is 3.41. The minimum atomic E-state index is -0.787. The molecular weight excluding hydrogens is 212 g/mol. The van der Waals surface area contributed by atoms with Gasteiger partial charge in [0.1, 0.15) is 6.10 Å². The minimum Gasteiger partial charge on any atom is -0.468 e. The van der Waals surface area contributed by atoms with Crippen molar-refractivity contribution in [3.05, 3.63) is 0 Å². The highest BCUT2D eigenvalue weighted by atomic mass is 16.5. The van der Waals surface area contributed by atoms with E-state index in [2.05, 4.69) is 4.74 Å². The highest BCUT2D eigenvalue weighted by Gasteiger charge is 1.97. The van der Waals surface area contributed by atoms with Gasteiger partial charge < -0.3 is 14.9 Å². The lowest BCUT2D eigenvalue weighted by molar-refractivity contribution is -0.128. The molecule has 0 aliphatic carbocycles. The van der Waals surface area contributed by atoms with Crippen LogP contribution in [0.25, 0.3) is 0 Å². The second kappa shape index (κ2) is 16.5. The molecule has 0 aromatic heterocycles. The molecule has 0 rings (SSSR count). The summed E-state index contributed by atoms with van der Waals surface area (Å²) in [6, 6.07) is 0. The number of carbonyl (C=O) groups is 2. The molecule has 0 aliphatic rings. The maximum Gasteiger partial charge on any atom is 0.293 e. The number of aliphatic hydroxyl groups excluding tert-OH is 2. The molecule has 0 bridgehead atoms. The molecule has 5 nitrogen and oxygen atoms in total. The van der Waals surface area contributed by atoms with Gasteiger partial charge in [-0.3, -0.25) is 9.59 Å². The van der Waals surface area contributed by atoms with Gasteiger partial charge in [-0.25, -0.2) is 0 Å². The van der Waals surface area contributed by atoms with E-state index >= 15 is 0 Å². The summed E-state index contributed by atoms with van der Waals surface area (Å²) in [7, 11) is 0. The Hall–Kier alpha value is -0.940. The van der Waals surface area contributed by atoms with Crippen LogP contribution in [0.4, 0.5) is 0 Å². The third-order valence-corrected chi connectivity index (χ3v) is 1.19. The van der Waals surface area contributed by atoms with Crippen molar-refractivity contribution in [1.29, 1.82) is 0 Å². The monoisotopic (exact) mass is 236 g/mol. The molecule has 0 heterocycles. The van der Waals surface area contributed by atoms with Crippen LogP contribution in [0.3, 0.4) is 0 Å². The Morgan fingerprint density at radius 1 is 1.38 bits per heavy atom. The van der Waals surface area contributed by atoms with Crippen molar-refractivity contribution < 1.29 is 24.5 Å². The van der Waals surface area contributed by atoms with Crippen molar-refractivity contribution >= 4 is 12.3 Å². The molecule has 0 aliphatic heterocycles. The van der Waals surface area contributed by atoms with Gasteiger partial charge >= 0.3 is 0 Å². The van der Waals surface area contributed by atoms with Gasteiger partial charge in [-0.05, 0) is 26.7 Å². The molecule has 1 unspecified atom stereocenters. The summed E-state index contributed by atoms with van der Waals surface area (Å²) >= 11 is 0. The van der Waals surface area contributed by atoms with E-state index in [1.54, 1.807) is 6.92 Å². The van der Waals surface area contributed by atoms with E-state index in [0.29, 0.717) is 25.6 Å². The van der Waals surface area contributed by atoms with Crippen molar-refractivity contribution in [2.45, 2.75) is 40.7 Å². The summed E-state index contributed by atoms with van der Waals surface area (Å²) < 4.78 is 4.15. The van der Waals surface area contributed by atoms with Crippen LogP contribution in [0.15, 0.2) is 0 Å². The lowest BCUT2D eigenvalue weighted by Crippen LogP contribution is -2.10. The number of rotatable bonds is 4. The Labute approximate surface area is 97.4 Å². The molecule has 0 saturated heterocycles. The lowest BCUT2D eigenvalue weighted by atomic mass is 10.2. The van der Waals surface area contributed by atoms with Crippen molar-refractivity contribution in [2.24, 2.45) is 5.92 Å². The van der Waals surface area contributed by atoms with Gasteiger partial charge in [-0.1, -0.05) is 13.8 Å². The third-order valence-electron chi connectivity index (χ3n) is 1.19. The van der Waals surface area contributed by atoms with Crippen LogP contribution in [0, 0.1) is 5.92 Å². The van der Waals surface area contributed by atoms with Crippen LogP contribution >= 0.6 is 0 Å². The predicted molar refractivity (Wildman–Crippen MR) is 62.0 cm³/mol. The van der Waals surface area contributed by atoms with Crippen molar-refractivity contribution in [1.82, 2.24) is 0 Å². The predicted octanol–water partition coefficient (Wildman–Crippen LogP) is 0.770. The molecular formula is C11H24O5. The number of aliphatic hydroxyl groups is 2. The number of hydrogen-bond donors (Lipinski definition) is 2. The zero-order chi connectivity index (χ0) is 13.6. The quantitative estimate of drug-likeness (QED) is 0.704. The zero-order valence-electron chi connectivity index (χ0n) is 10.8. The fourth-order valence-electron chi connectivity index (χ4n) is 0.0680. The van der Waals surface area contributed by atoms with Crippen LogP contribution in [0.1, 0.15) is 34.6 Å². The second-order valence-corrected chi connectivity index (χ2v) is 3.41. The Kier molecular flexibility index (Phi) is 21.1. The highest BCUT2D eigenvalue weighted by Crippen LogP contribution is 1.83. The van der Waals surface area contributed by atoms with Crippen LogP contribution < -0.4 is 0 Å². The first-order chi connectivity index (χ1) is 7.33. The number of ketones is 1. The number of ether oxygens (including phenoxy) is 1. The lowest BCUT2D eigenvalue weighted by Gasteiger charge is -1.90.